The minimum atomic E-state index is -0.347. The number of benzene rings is 1. The number of aliphatic hydroxyl groups is 1. The fraction of sp³-hybridized carbons (Fsp3) is 0.500. The summed E-state index contributed by atoms with van der Waals surface area (Å²) in [5, 5.41) is 11.9. The molecule has 5 heteroatoms. The lowest BCUT2D eigenvalue weighted by Crippen LogP contribution is -2.38. The third kappa shape index (κ3) is 4.28. The van der Waals surface area contributed by atoms with Gasteiger partial charge in [-0.05, 0) is 48.9 Å². The molecule has 0 spiro atoms. The maximum atomic E-state index is 13.1. The van der Waals surface area contributed by atoms with Crippen molar-refractivity contribution in [1.82, 2.24) is 5.32 Å². The molecule has 1 aliphatic rings. The molecule has 104 valence electrons. The molecule has 1 aromatic rings. The Bertz CT molecular complexity index is 463. The van der Waals surface area contributed by atoms with Crippen LogP contribution in [0.1, 0.15) is 24.8 Å². The van der Waals surface area contributed by atoms with Crippen LogP contribution in [0, 0.1) is 11.7 Å². The van der Waals surface area contributed by atoms with Gasteiger partial charge in [-0.2, -0.15) is 0 Å². The lowest BCUT2D eigenvalue weighted by molar-refractivity contribution is -0.121. The number of halogens is 2. The van der Waals surface area contributed by atoms with Crippen LogP contribution in [0.3, 0.4) is 0 Å². The van der Waals surface area contributed by atoms with Gasteiger partial charge < -0.3 is 10.4 Å². The largest absolute Gasteiger partial charge is 0.396 e. The molecule has 0 bridgehead atoms. The highest BCUT2D eigenvalue weighted by atomic mass is 79.9. The Morgan fingerprint density at radius 3 is 2.89 bits per heavy atom. The molecule has 0 aromatic heterocycles. The van der Waals surface area contributed by atoms with E-state index in [9.17, 15) is 9.18 Å². The second kappa shape index (κ2) is 6.48. The van der Waals surface area contributed by atoms with E-state index in [1.807, 2.05) is 0 Å². The Hall–Kier alpha value is -0.940. The highest BCUT2D eigenvalue weighted by Crippen LogP contribution is 2.34. The molecular formula is C14H17BrFNO2. The van der Waals surface area contributed by atoms with Crippen molar-refractivity contribution in [3.8, 4) is 0 Å². The summed E-state index contributed by atoms with van der Waals surface area (Å²) in [7, 11) is 0. The van der Waals surface area contributed by atoms with Crippen molar-refractivity contribution in [2.24, 2.45) is 5.92 Å². The third-order valence-electron chi connectivity index (χ3n) is 3.34. The number of carbonyl (C=O) groups excluding carboxylic acids is 1. The van der Waals surface area contributed by atoms with Crippen LogP contribution in [0.2, 0.25) is 0 Å². The van der Waals surface area contributed by atoms with Crippen LogP contribution >= 0.6 is 15.9 Å². The van der Waals surface area contributed by atoms with Gasteiger partial charge in [-0.3, -0.25) is 4.79 Å². The van der Waals surface area contributed by atoms with Crippen molar-refractivity contribution >= 4 is 21.8 Å². The van der Waals surface area contributed by atoms with E-state index in [4.69, 9.17) is 5.11 Å². The summed E-state index contributed by atoms with van der Waals surface area (Å²) in [6, 6.07) is 4.36. The monoisotopic (exact) mass is 329 g/mol. The molecule has 0 heterocycles. The first kappa shape index (κ1) is 14.5. The number of hydrogen-bond donors (Lipinski definition) is 2. The van der Waals surface area contributed by atoms with Crippen molar-refractivity contribution in [2.45, 2.75) is 31.7 Å². The number of rotatable bonds is 6. The molecule has 1 aromatic carbocycles. The van der Waals surface area contributed by atoms with Crippen LogP contribution in [-0.2, 0) is 11.2 Å². The Kier molecular flexibility index (Phi) is 4.93. The quantitative estimate of drug-likeness (QED) is 0.842. The number of carbonyl (C=O) groups is 1. The zero-order valence-electron chi connectivity index (χ0n) is 10.5. The third-order valence-corrected chi connectivity index (χ3v) is 4.11. The van der Waals surface area contributed by atoms with Gasteiger partial charge in [0.1, 0.15) is 5.82 Å². The van der Waals surface area contributed by atoms with Crippen molar-refractivity contribution in [3.05, 3.63) is 34.1 Å². The van der Waals surface area contributed by atoms with Gasteiger partial charge in [0.2, 0.25) is 5.91 Å². The molecule has 1 unspecified atom stereocenters. The summed E-state index contributed by atoms with van der Waals surface area (Å²) in [4.78, 5) is 12.0. The van der Waals surface area contributed by atoms with Gasteiger partial charge in [0.15, 0.2) is 0 Å². The van der Waals surface area contributed by atoms with E-state index < -0.39 is 0 Å². The van der Waals surface area contributed by atoms with Crippen molar-refractivity contribution in [3.63, 3.8) is 0 Å². The molecule has 0 aliphatic heterocycles. The fourth-order valence-electron chi connectivity index (χ4n) is 2.17. The average Bonchev–Trinajstić information content (AvgIpc) is 3.17. The van der Waals surface area contributed by atoms with E-state index in [2.05, 4.69) is 21.2 Å². The summed E-state index contributed by atoms with van der Waals surface area (Å²) < 4.78 is 13.9. The van der Waals surface area contributed by atoms with Gasteiger partial charge in [-0.25, -0.2) is 4.39 Å². The standard InChI is InChI=1S/C14H17BrFNO2/c15-12-4-3-11(16)7-10(12)8-14(19)17-13(5-6-18)9-1-2-9/h3-4,7,9,13,18H,1-2,5-6,8H2,(H,17,19). The maximum Gasteiger partial charge on any atom is 0.224 e. The first-order valence-electron chi connectivity index (χ1n) is 6.44. The maximum absolute atomic E-state index is 13.1. The molecule has 2 N–H and O–H groups in total. The molecule has 1 fully saturated rings. The van der Waals surface area contributed by atoms with Crippen LogP contribution in [0.5, 0.6) is 0 Å². The van der Waals surface area contributed by atoms with Gasteiger partial charge in [0.05, 0.1) is 6.42 Å². The van der Waals surface area contributed by atoms with Crippen molar-refractivity contribution < 1.29 is 14.3 Å². The summed E-state index contributed by atoms with van der Waals surface area (Å²) >= 11 is 3.31. The molecule has 0 radical (unpaired) electrons. The van der Waals surface area contributed by atoms with Crippen LogP contribution in [0.15, 0.2) is 22.7 Å². The Morgan fingerprint density at radius 2 is 2.26 bits per heavy atom. The van der Waals surface area contributed by atoms with E-state index >= 15 is 0 Å². The molecule has 1 atom stereocenters. The molecule has 3 nitrogen and oxygen atoms in total. The van der Waals surface area contributed by atoms with E-state index in [-0.39, 0.29) is 30.8 Å². The van der Waals surface area contributed by atoms with Crippen LogP contribution in [-0.4, -0.2) is 23.7 Å². The molecule has 19 heavy (non-hydrogen) atoms. The molecule has 1 amide bonds. The molecule has 0 saturated heterocycles. The number of nitrogens with one attached hydrogen (secondary N) is 1. The van der Waals surface area contributed by atoms with Gasteiger partial charge in [-0.15, -0.1) is 0 Å². The van der Waals surface area contributed by atoms with Gasteiger partial charge >= 0.3 is 0 Å². The Balaban J connectivity index is 1.94. The predicted octanol–water partition coefficient (Wildman–Crippen LogP) is 2.41. The van der Waals surface area contributed by atoms with E-state index in [0.717, 1.165) is 17.3 Å². The first-order chi connectivity index (χ1) is 9.10. The highest BCUT2D eigenvalue weighted by molar-refractivity contribution is 9.10. The van der Waals surface area contributed by atoms with E-state index in [1.54, 1.807) is 6.07 Å². The first-order valence-corrected chi connectivity index (χ1v) is 7.23. The molecule has 2 rings (SSSR count). The molecular weight excluding hydrogens is 313 g/mol. The van der Waals surface area contributed by atoms with Crippen LogP contribution in [0.25, 0.3) is 0 Å². The number of aliphatic hydroxyl groups excluding tert-OH is 1. The minimum absolute atomic E-state index is 0.0461. The highest BCUT2D eigenvalue weighted by Gasteiger charge is 2.31. The van der Waals surface area contributed by atoms with Crippen LogP contribution < -0.4 is 5.32 Å². The van der Waals surface area contributed by atoms with Gasteiger partial charge in [0, 0.05) is 17.1 Å². The Labute approximate surface area is 120 Å². The predicted molar refractivity (Wildman–Crippen MR) is 74.2 cm³/mol. The lowest BCUT2D eigenvalue weighted by atomic mass is 10.1. The minimum Gasteiger partial charge on any atom is -0.396 e. The smallest absolute Gasteiger partial charge is 0.224 e. The number of amides is 1. The summed E-state index contributed by atoms with van der Waals surface area (Å²) in [6.07, 6.45) is 2.94. The fourth-order valence-corrected chi connectivity index (χ4v) is 2.56. The van der Waals surface area contributed by atoms with E-state index in [0.29, 0.717) is 17.9 Å². The van der Waals surface area contributed by atoms with Gasteiger partial charge in [-0.1, -0.05) is 15.9 Å². The summed E-state index contributed by atoms with van der Waals surface area (Å²) in [5.74, 6) is 0.0174. The lowest BCUT2D eigenvalue weighted by Gasteiger charge is -2.17. The summed E-state index contributed by atoms with van der Waals surface area (Å²) in [5.41, 5.74) is 0.635. The average molecular weight is 330 g/mol. The Morgan fingerprint density at radius 1 is 1.53 bits per heavy atom. The SMILES string of the molecule is O=C(Cc1cc(F)ccc1Br)NC(CCO)C1CC1. The normalized spacial score (nSPS) is 16.2. The topological polar surface area (TPSA) is 49.3 Å². The molecule has 1 aliphatic carbocycles. The second-order valence-corrected chi connectivity index (χ2v) is 5.79. The molecule has 1 saturated carbocycles. The zero-order valence-corrected chi connectivity index (χ0v) is 12.1. The summed E-state index contributed by atoms with van der Waals surface area (Å²) in [6.45, 7) is 0.0745. The zero-order chi connectivity index (χ0) is 13.8. The van der Waals surface area contributed by atoms with Crippen molar-refractivity contribution in [2.75, 3.05) is 6.61 Å². The van der Waals surface area contributed by atoms with Crippen molar-refractivity contribution in [1.29, 1.82) is 0 Å². The number of hydrogen-bond acceptors (Lipinski definition) is 2. The van der Waals surface area contributed by atoms with Crippen LogP contribution in [0.4, 0.5) is 4.39 Å². The second-order valence-electron chi connectivity index (χ2n) is 4.94. The van der Waals surface area contributed by atoms with Gasteiger partial charge in [0.25, 0.3) is 0 Å². The van der Waals surface area contributed by atoms with E-state index in [1.165, 1.54) is 12.1 Å².